The number of benzene rings is 3. The zero-order valence-corrected chi connectivity index (χ0v) is 18.9. The molecule has 0 aliphatic rings. The summed E-state index contributed by atoms with van der Waals surface area (Å²) in [5.74, 6) is 0.700. The topological polar surface area (TPSA) is 85.7 Å². The number of nitro groups is 1. The fourth-order valence-corrected chi connectivity index (χ4v) is 3.38. The van der Waals surface area contributed by atoms with Crippen LogP contribution in [0.2, 0.25) is 5.02 Å². The van der Waals surface area contributed by atoms with Crippen molar-refractivity contribution in [2.24, 2.45) is 0 Å². The molecule has 0 aromatic heterocycles. The standard InChI is InChI=1S/C24H25ClFN3O4/c1-2-32-23-14-18(13-22(25)24(23)33-16-17-3-5-19(26)6-4-17)15-27-11-12-28-20-7-9-21(10-8-20)29(30)31/h3-10,13-14,27-28H,2,11-12,15-16H2,1H3. The van der Waals surface area contributed by atoms with Gasteiger partial charge in [-0.15, -0.1) is 0 Å². The minimum Gasteiger partial charge on any atom is -0.490 e. The summed E-state index contributed by atoms with van der Waals surface area (Å²) in [5.41, 5.74) is 2.63. The van der Waals surface area contributed by atoms with Crippen LogP contribution >= 0.6 is 11.6 Å². The number of nitrogens with one attached hydrogen (secondary N) is 2. The van der Waals surface area contributed by atoms with E-state index >= 15 is 0 Å². The van der Waals surface area contributed by atoms with E-state index in [1.54, 1.807) is 24.3 Å². The second-order valence-corrected chi connectivity index (χ2v) is 7.57. The number of nitrogens with zero attached hydrogens (tertiary/aromatic N) is 1. The van der Waals surface area contributed by atoms with Crippen LogP contribution in [0.5, 0.6) is 11.5 Å². The largest absolute Gasteiger partial charge is 0.490 e. The van der Waals surface area contributed by atoms with E-state index in [0.717, 1.165) is 16.8 Å². The van der Waals surface area contributed by atoms with Gasteiger partial charge in [-0.25, -0.2) is 4.39 Å². The van der Waals surface area contributed by atoms with Gasteiger partial charge in [0.1, 0.15) is 12.4 Å². The molecule has 3 rings (SSSR count). The molecule has 0 heterocycles. The molecule has 0 amide bonds. The first-order chi connectivity index (χ1) is 16.0. The first-order valence-electron chi connectivity index (χ1n) is 10.5. The van der Waals surface area contributed by atoms with E-state index in [1.165, 1.54) is 24.3 Å². The van der Waals surface area contributed by atoms with Gasteiger partial charge >= 0.3 is 0 Å². The molecule has 3 aromatic rings. The number of non-ortho nitro benzene ring substituents is 1. The van der Waals surface area contributed by atoms with E-state index in [4.69, 9.17) is 21.1 Å². The lowest BCUT2D eigenvalue weighted by Gasteiger charge is -2.16. The van der Waals surface area contributed by atoms with Gasteiger partial charge in [-0.1, -0.05) is 23.7 Å². The van der Waals surface area contributed by atoms with Crippen LogP contribution in [0.25, 0.3) is 0 Å². The molecule has 0 spiro atoms. The van der Waals surface area contributed by atoms with Crippen LogP contribution in [-0.2, 0) is 13.2 Å². The predicted molar refractivity (Wildman–Crippen MR) is 127 cm³/mol. The molecule has 0 saturated carbocycles. The summed E-state index contributed by atoms with van der Waals surface area (Å²) in [6.07, 6.45) is 0. The third kappa shape index (κ3) is 7.34. The van der Waals surface area contributed by atoms with Gasteiger partial charge in [0.15, 0.2) is 11.5 Å². The van der Waals surface area contributed by atoms with Crippen LogP contribution in [0.1, 0.15) is 18.1 Å². The zero-order chi connectivity index (χ0) is 23.6. The monoisotopic (exact) mass is 473 g/mol. The molecule has 0 aliphatic carbocycles. The molecule has 0 bridgehead atoms. The van der Waals surface area contributed by atoms with Crippen molar-refractivity contribution in [3.63, 3.8) is 0 Å². The van der Waals surface area contributed by atoms with Gasteiger partial charge in [0.05, 0.1) is 16.6 Å². The average Bonchev–Trinajstić information content (AvgIpc) is 2.80. The summed E-state index contributed by atoms with van der Waals surface area (Å²) < 4.78 is 24.7. The van der Waals surface area contributed by atoms with Crippen molar-refractivity contribution in [3.8, 4) is 11.5 Å². The number of hydrogen-bond acceptors (Lipinski definition) is 6. The van der Waals surface area contributed by atoms with Gasteiger partial charge < -0.3 is 20.1 Å². The van der Waals surface area contributed by atoms with Crippen molar-refractivity contribution in [1.29, 1.82) is 0 Å². The minimum absolute atomic E-state index is 0.0609. The van der Waals surface area contributed by atoms with Gasteiger partial charge in [-0.3, -0.25) is 10.1 Å². The Labute approximate surface area is 196 Å². The van der Waals surface area contributed by atoms with Crippen LogP contribution in [0.4, 0.5) is 15.8 Å². The van der Waals surface area contributed by atoms with Gasteiger partial charge in [0.2, 0.25) is 0 Å². The molecule has 0 unspecified atom stereocenters. The lowest BCUT2D eigenvalue weighted by Crippen LogP contribution is -2.21. The SMILES string of the molecule is CCOc1cc(CNCCNc2ccc([N+](=O)[O-])cc2)cc(Cl)c1OCc1ccc(F)cc1. The van der Waals surface area contributed by atoms with Crippen molar-refractivity contribution < 1.29 is 18.8 Å². The summed E-state index contributed by atoms with van der Waals surface area (Å²) >= 11 is 6.46. The van der Waals surface area contributed by atoms with Crippen LogP contribution in [0.15, 0.2) is 60.7 Å². The summed E-state index contributed by atoms with van der Waals surface area (Å²) in [5, 5.41) is 17.7. The Morgan fingerprint density at radius 1 is 1.00 bits per heavy atom. The molecule has 0 radical (unpaired) electrons. The zero-order valence-electron chi connectivity index (χ0n) is 18.1. The lowest BCUT2D eigenvalue weighted by atomic mass is 10.2. The van der Waals surface area contributed by atoms with E-state index in [-0.39, 0.29) is 18.1 Å². The summed E-state index contributed by atoms with van der Waals surface area (Å²) in [4.78, 5) is 10.3. The molecule has 0 aliphatic heterocycles. The molecule has 174 valence electrons. The molecule has 33 heavy (non-hydrogen) atoms. The molecular weight excluding hydrogens is 449 g/mol. The van der Waals surface area contributed by atoms with Gasteiger partial charge in [0.25, 0.3) is 5.69 Å². The molecule has 2 N–H and O–H groups in total. The van der Waals surface area contributed by atoms with Gasteiger partial charge in [0, 0.05) is 37.5 Å². The third-order valence-corrected chi connectivity index (χ3v) is 4.98. The second kappa shape index (κ2) is 12.0. The number of nitro benzene ring substituents is 1. The van der Waals surface area contributed by atoms with Gasteiger partial charge in [-0.2, -0.15) is 0 Å². The molecule has 0 atom stereocenters. The maximum atomic E-state index is 13.1. The Hall–Kier alpha value is -3.36. The average molecular weight is 474 g/mol. The highest BCUT2D eigenvalue weighted by atomic mass is 35.5. The number of ether oxygens (including phenoxy) is 2. The Morgan fingerprint density at radius 3 is 2.39 bits per heavy atom. The molecule has 7 nitrogen and oxygen atoms in total. The van der Waals surface area contributed by atoms with Crippen molar-refractivity contribution in [2.75, 3.05) is 25.0 Å². The second-order valence-electron chi connectivity index (χ2n) is 7.16. The van der Waals surface area contributed by atoms with Crippen molar-refractivity contribution in [1.82, 2.24) is 5.32 Å². The van der Waals surface area contributed by atoms with Crippen LogP contribution in [-0.4, -0.2) is 24.6 Å². The fraction of sp³-hybridized carbons (Fsp3) is 0.250. The third-order valence-electron chi connectivity index (χ3n) is 4.70. The normalized spacial score (nSPS) is 10.6. The smallest absolute Gasteiger partial charge is 0.269 e. The van der Waals surface area contributed by atoms with E-state index in [2.05, 4.69) is 10.6 Å². The summed E-state index contributed by atoms with van der Waals surface area (Å²) in [6.45, 7) is 4.46. The van der Waals surface area contributed by atoms with Crippen molar-refractivity contribution in [3.05, 3.63) is 92.7 Å². The fourth-order valence-electron chi connectivity index (χ4n) is 3.09. The van der Waals surface area contributed by atoms with Crippen LogP contribution in [0, 0.1) is 15.9 Å². The Morgan fingerprint density at radius 2 is 1.73 bits per heavy atom. The first kappa shape index (κ1) is 24.3. The Balaban J connectivity index is 1.52. The summed E-state index contributed by atoms with van der Waals surface area (Å²) in [7, 11) is 0. The van der Waals surface area contributed by atoms with E-state index in [0.29, 0.717) is 42.8 Å². The molecular formula is C24H25ClFN3O4. The highest BCUT2D eigenvalue weighted by Gasteiger charge is 2.13. The minimum atomic E-state index is -0.425. The highest BCUT2D eigenvalue weighted by molar-refractivity contribution is 6.32. The van der Waals surface area contributed by atoms with E-state index < -0.39 is 4.92 Å². The Bertz CT molecular complexity index is 1060. The molecule has 9 heteroatoms. The van der Waals surface area contributed by atoms with Gasteiger partial charge in [-0.05, 0) is 54.4 Å². The number of anilines is 1. The molecule has 3 aromatic carbocycles. The maximum absolute atomic E-state index is 13.1. The van der Waals surface area contributed by atoms with E-state index in [1.807, 2.05) is 19.1 Å². The Kier molecular flexibility index (Phi) is 8.86. The highest BCUT2D eigenvalue weighted by Crippen LogP contribution is 2.37. The van der Waals surface area contributed by atoms with Crippen molar-refractivity contribution in [2.45, 2.75) is 20.1 Å². The summed E-state index contributed by atoms with van der Waals surface area (Å²) in [6, 6.07) is 16.1. The predicted octanol–water partition coefficient (Wildman–Crippen LogP) is 5.57. The van der Waals surface area contributed by atoms with E-state index in [9.17, 15) is 14.5 Å². The van der Waals surface area contributed by atoms with Crippen LogP contribution in [0.3, 0.4) is 0 Å². The molecule has 0 saturated heterocycles. The first-order valence-corrected chi connectivity index (χ1v) is 10.9. The number of halogens is 2. The lowest BCUT2D eigenvalue weighted by molar-refractivity contribution is -0.384. The number of rotatable bonds is 12. The molecule has 0 fully saturated rings. The van der Waals surface area contributed by atoms with Crippen molar-refractivity contribution >= 4 is 23.0 Å². The maximum Gasteiger partial charge on any atom is 0.269 e. The number of hydrogen-bond donors (Lipinski definition) is 2. The van der Waals surface area contributed by atoms with Crippen LogP contribution < -0.4 is 20.1 Å². The quantitative estimate of drug-likeness (QED) is 0.203.